The molecule has 0 aliphatic rings. The van der Waals surface area contributed by atoms with E-state index in [2.05, 4.69) is 5.32 Å². The molecule has 0 spiro atoms. The standard InChI is InChI=1S/C12H9ClF3NS2/c13-8-5-9(18-7-8)6-17-10-3-1-2-4-11(10)19-12(14,15)16/h1-5,7,17H,6H2. The minimum absolute atomic E-state index is 0.117. The molecule has 1 nitrogen and oxygen atoms in total. The Balaban J connectivity index is 2.07. The van der Waals surface area contributed by atoms with Crippen LogP contribution in [0.5, 0.6) is 0 Å². The van der Waals surface area contributed by atoms with Gasteiger partial charge >= 0.3 is 5.51 Å². The fourth-order valence-electron chi connectivity index (χ4n) is 1.46. The summed E-state index contributed by atoms with van der Waals surface area (Å²) >= 11 is 7.14. The smallest absolute Gasteiger partial charge is 0.379 e. The Bertz CT molecular complexity index is 554. The van der Waals surface area contributed by atoms with Crippen LogP contribution in [0.4, 0.5) is 18.9 Å². The molecular formula is C12H9ClF3NS2. The van der Waals surface area contributed by atoms with Gasteiger partial charge < -0.3 is 5.32 Å². The second-order valence-corrected chi connectivity index (χ2v) is 6.17. The van der Waals surface area contributed by atoms with Crippen molar-refractivity contribution in [1.29, 1.82) is 0 Å². The maximum atomic E-state index is 12.4. The van der Waals surface area contributed by atoms with Crippen molar-refractivity contribution < 1.29 is 13.2 Å². The highest BCUT2D eigenvalue weighted by Gasteiger charge is 2.30. The number of hydrogen-bond acceptors (Lipinski definition) is 3. The number of benzene rings is 1. The maximum Gasteiger partial charge on any atom is 0.446 e. The van der Waals surface area contributed by atoms with Crippen molar-refractivity contribution in [1.82, 2.24) is 0 Å². The summed E-state index contributed by atoms with van der Waals surface area (Å²) < 4.78 is 37.2. The largest absolute Gasteiger partial charge is 0.446 e. The van der Waals surface area contributed by atoms with Crippen LogP contribution in [-0.2, 0) is 6.54 Å². The lowest BCUT2D eigenvalue weighted by Crippen LogP contribution is -2.03. The Hall–Kier alpha value is -0.850. The first kappa shape index (κ1) is 14.6. The highest BCUT2D eigenvalue weighted by molar-refractivity contribution is 8.00. The molecule has 1 N–H and O–H groups in total. The molecule has 0 unspecified atom stereocenters. The maximum absolute atomic E-state index is 12.4. The molecule has 0 aliphatic heterocycles. The van der Waals surface area contributed by atoms with Gasteiger partial charge in [-0.2, -0.15) is 13.2 Å². The van der Waals surface area contributed by atoms with Gasteiger partial charge in [-0.15, -0.1) is 11.3 Å². The summed E-state index contributed by atoms with van der Waals surface area (Å²) in [4.78, 5) is 1.13. The van der Waals surface area contributed by atoms with Crippen LogP contribution in [0.1, 0.15) is 4.88 Å². The average Bonchev–Trinajstić information content (AvgIpc) is 2.72. The fraction of sp³-hybridized carbons (Fsp3) is 0.167. The van der Waals surface area contributed by atoms with E-state index in [1.807, 2.05) is 0 Å². The fourth-order valence-corrected chi connectivity index (χ4v) is 3.11. The summed E-state index contributed by atoms with van der Waals surface area (Å²) in [6.45, 7) is 0.451. The predicted octanol–water partition coefficient (Wildman–Crippen LogP) is 5.63. The van der Waals surface area contributed by atoms with Crippen molar-refractivity contribution in [3.05, 3.63) is 45.6 Å². The van der Waals surface area contributed by atoms with Crippen LogP contribution < -0.4 is 5.32 Å². The van der Waals surface area contributed by atoms with E-state index in [-0.39, 0.29) is 16.7 Å². The van der Waals surface area contributed by atoms with Crippen molar-refractivity contribution in [2.75, 3.05) is 5.32 Å². The third kappa shape index (κ3) is 4.63. The minimum Gasteiger partial charge on any atom is -0.379 e. The van der Waals surface area contributed by atoms with E-state index in [1.165, 1.54) is 17.4 Å². The number of nitrogens with one attached hydrogen (secondary N) is 1. The number of anilines is 1. The number of halogens is 4. The number of rotatable bonds is 4. The number of hydrogen-bond donors (Lipinski definition) is 1. The van der Waals surface area contributed by atoms with Crippen LogP contribution in [0.15, 0.2) is 40.6 Å². The predicted molar refractivity (Wildman–Crippen MR) is 75.0 cm³/mol. The zero-order chi connectivity index (χ0) is 13.9. The molecule has 102 valence electrons. The normalized spacial score (nSPS) is 11.6. The molecule has 1 heterocycles. The lowest BCUT2D eigenvalue weighted by atomic mass is 10.3. The van der Waals surface area contributed by atoms with E-state index in [1.54, 1.807) is 29.6 Å². The van der Waals surface area contributed by atoms with Crippen LogP contribution in [0.2, 0.25) is 5.02 Å². The highest BCUT2D eigenvalue weighted by atomic mass is 35.5. The molecule has 19 heavy (non-hydrogen) atoms. The van der Waals surface area contributed by atoms with Crippen LogP contribution in [0, 0.1) is 0 Å². The Kier molecular flexibility index (Phi) is 4.65. The molecule has 7 heteroatoms. The lowest BCUT2D eigenvalue weighted by molar-refractivity contribution is -0.0327. The van der Waals surface area contributed by atoms with E-state index in [4.69, 9.17) is 11.6 Å². The Morgan fingerprint density at radius 2 is 2.00 bits per heavy atom. The zero-order valence-corrected chi connectivity index (χ0v) is 11.9. The third-order valence-electron chi connectivity index (χ3n) is 2.19. The van der Waals surface area contributed by atoms with Gasteiger partial charge in [-0.1, -0.05) is 23.7 Å². The summed E-state index contributed by atoms with van der Waals surface area (Å²) in [5.74, 6) is 0. The van der Waals surface area contributed by atoms with Crippen molar-refractivity contribution in [2.45, 2.75) is 16.9 Å². The van der Waals surface area contributed by atoms with E-state index in [0.29, 0.717) is 17.3 Å². The molecule has 2 rings (SSSR count). The molecule has 0 bridgehead atoms. The van der Waals surface area contributed by atoms with Crippen LogP contribution in [-0.4, -0.2) is 5.51 Å². The molecule has 2 aromatic rings. The van der Waals surface area contributed by atoms with E-state index < -0.39 is 5.51 Å². The Labute approximate surface area is 121 Å². The van der Waals surface area contributed by atoms with Gasteiger partial charge in [0.1, 0.15) is 0 Å². The molecule has 0 saturated heterocycles. The van der Waals surface area contributed by atoms with Gasteiger partial charge in [-0.3, -0.25) is 0 Å². The first-order valence-electron chi connectivity index (χ1n) is 5.25. The van der Waals surface area contributed by atoms with Gasteiger partial charge in [-0.25, -0.2) is 0 Å². The SMILES string of the molecule is FC(F)(F)Sc1ccccc1NCc1cc(Cl)cs1. The van der Waals surface area contributed by atoms with Crippen LogP contribution in [0.3, 0.4) is 0 Å². The topological polar surface area (TPSA) is 12.0 Å². The first-order chi connectivity index (χ1) is 8.94. The Morgan fingerprint density at radius 1 is 1.26 bits per heavy atom. The van der Waals surface area contributed by atoms with Crippen molar-refractivity contribution in [3.63, 3.8) is 0 Å². The first-order valence-corrected chi connectivity index (χ1v) is 7.33. The molecule has 0 saturated carbocycles. The molecule has 1 aromatic heterocycles. The van der Waals surface area contributed by atoms with E-state index >= 15 is 0 Å². The highest BCUT2D eigenvalue weighted by Crippen LogP contribution is 2.40. The molecular weight excluding hydrogens is 315 g/mol. The number of alkyl halides is 3. The molecule has 1 aromatic carbocycles. The molecule has 0 atom stereocenters. The van der Waals surface area contributed by atoms with Crippen LogP contribution >= 0.6 is 34.7 Å². The number of thiophene rings is 1. The van der Waals surface area contributed by atoms with Gasteiger partial charge in [0.05, 0.1) is 5.02 Å². The molecule has 0 radical (unpaired) electrons. The van der Waals surface area contributed by atoms with Gasteiger partial charge in [-0.05, 0) is 30.0 Å². The summed E-state index contributed by atoms with van der Waals surface area (Å²) in [7, 11) is 0. The summed E-state index contributed by atoms with van der Waals surface area (Å²) in [5, 5.41) is 5.42. The number of para-hydroxylation sites is 1. The summed E-state index contributed by atoms with van der Waals surface area (Å²) in [6, 6.07) is 8.15. The third-order valence-corrected chi connectivity index (χ3v) is 4.28. The summed E-state index contributed by atoms with van der Waals surface area (Å²) in [5.41, 5.74) is -3.82. The van der Waals surface area contributed by atoms with Gasteiger partial charge in [0.25, 0.3) is 0 Å². The van der Waals surface area contributed by atoms with Crippen molar-refractivity contribution >= 4 is 40.4 Å². The van der Waals surface area contributed by atoms with Crippen LogP contribution in [0.25, 0.3) is 0 Å². The Morgan fingerprint density at radius 3 is 2.63 bits per heavy atom. The van der Waals surface area contributed by atoms with Crippen molar-refractivity contribution in [3.8, 4) is 0 Å². The second-order valence-electron chi connectivity index (χ2n) is 3.63. The van der Waals surface area contributed by atoms with Gasteiger partial charge in [0.2, 0.25) is 0 Å². The average molecular weight is 324 g/mol. The van der Waals surface area contributed by atoms with E-state index in [0.717, 1.165) is 4.88 Å². The lowest BCUT2D eigenvalue weighted by Gasteiger charge is -2.12. The molecule has 0 amide bonds. The quantitative estimate of drug-likeness (QED) is 0.732. The van der Waals surface area contributed by atoms with Gasteiger partial charge in [0.15, 0.2) is 0 Å². The molecule has 0 aliphatic carbocycles. The monoisotopic (exact) mass is 323 g/mol. The zero-order valence-electron chi connectivity index (χ0n) is 9.50. The summed E-state index contributed by atoms with van der Waals surface area (Å²) in [6.07, 6.45) is 0. The van der Waals surface area contributed by atoms with Gasteiger partial charge in [0, 0.05) is 27.4 Å². The van der Waals surface area contributed by atoms with E-state index in [9.17, 15) is 13.2 Å². The molecule has 0 fully saturated rings. The number of thioether (sulfide) groups is 1. The van der Waals surface area contributed by atoms with Crippen molar-refractivity contribution in [2.24, 2.45) is 0 Å². The minimum atomic E-state index is -4.29. The second kappa shape index (κ2) is 6.07.